The number of hydrogen-bond acceptors (Lipinski definition) is 2. The zero-order valence-corrected chi connectivity index (χ0v) is 10.3. The van der Waals surface area contributed by atoms with Gasteiger partial charge in [0.05, 0.1) is 0 Å². The van der Waals surface area contributed by atoms with Crippen LogP contribution >= 0.6 is 0 Å². The first kappa shape index (κ1) is 12.8. The zero-order chi connectivity index (χ0) is 12.0. The summed E-state index contributed by atoms with van der Waals surface area (Å²) in [6, 6.07) is 1.91. The van der Waals surface area contributed by atoms with Gasteiger partial charge in [-0.15, -0.1) is 0 Å². The van der Waals surface area contributed by atoms with E-state index in [1.165, 1.54) is 25.7 Å². The lowest BCUT2D eigenvalue weighted by Gasteiger charge is -2.07. The summed E-state index contributed by atoms with van der Waals surface area (Å²) >= 11 is 0. The van der Waals surface area contributed by atoms with Crippen LogP contribution in [0.1, 0.15) is 44.6 Å². The predicted octanol–water partition coefficient (Wildman–Crippen LogP) is 2.71. The number of unbranched alkanes of at least 4 members (excludes halogenated alkanes) is 4. The highest BCUT2D eigenvalue weighted by Gasteiger charge is 2.02. The minimum atomic E-state index is -0.0458. The average molecular weight is 222 g/mol. The maximum Gasteiger partial charge on any atom is 0.273 e. The fourth-order valence-corrected chi connectivity index (χ4v) is 1.74. The average Bonchev–Trinajstić information content (AvgIpc) is 2.28. The maximum absolute atomic E-state index is 11.7. The van der Waals surface area contributed by atoms with Crippen molar-refractivity contribution in [1.82, 2.24) is 4.57 Å². The van der Waals surface area contributed by atoms with Crippen LogP contribution < -0.4 is 11.3 Å². The third-order valence-corrected chi connectivity index (χ3v) is 2.92. The van der Waals surface area contributed by atoms with Crippen molar-refractivity contribution in [2.24, 2.45) is 0 Å². The second kappa shape index (κ2) is 6.36. The van der Waals surface area contributed by atoms with Crippen LogP contribution in [0.5, 0.6) is 0 Å². The molecule has 0 aromatic carbocycles. The van der Waals surface area contributed by atoms with Gasteiger partial charge in [-0.2, -0.15) is 0 Å². The van der Waals surface area contributed by atoms with Gasteiger partial charge in [0.15, 0.2) is 0 Å². The molecule has 0 aliphatic carbocycles. The summed E-state index contributed by atoms with van der Waals surface area (Å²) in [5.41, 5.74) is 6.91. The Hall–Kier alpha value is -1.25. The van der Waals surface area contributed by atoms with Crippen molar-refractivity contribution in [3.63, 3.8) is 0 Å². The van der Waals surface area contributed by atoms with Crippen LogP contribution in [0.2, 0.25) is 0 Å². The molecule has 0 saturated carbocycles. The molecule has 2 N–H and O–H groups in total. The minimum absolute atomic E-state index is 0.0458. The van der Waals surface area contributed by atoms with Crippen molar-refractivity contribution >= 4 is 5.69 Å². The Labute approximate surface area is 97.3 Å². The summed E-state index contributed by atoms with van der Waals surface area (Å²) in [4.78, 5) is 11.7. The number of hydrogen-bond donors (Lipinski definition) is 1. The first-order valence-corrected chi connectivity index (χ1v) is 6.12. The Bertz CT molecular complexity index is 382. The number of nitrogens with zero attached hydrogens (tertiary/aromatic N) is 1. The van der Waals surface area contributed by atoms with Gasteiger partial charge in [0.25, 0.3) is 5.56 Å². The largest absolute Gasteiger partial charge is 0.394 e. The molecule has 3 nitrogen and oxygen atoms in total. The topological polar surface area (TPSA) is 48.0 Å². The minimum Gasteiger partial charge on any atom is -0.394 e. The summed E-state index contributed by atoms with van der Waals surface area (Å²) in [5, 5.41) is 0. The van der Waals surface area contributed by atoms with Gasteiger partial charge in [0.1, 0.15) is 5.69 Å². The highest BCUT2D eigenvalue weighted by molar-refractivity contribution is 5.42. The lowest BCUT2D eigenvalue weighted by Crippen LogP contribution is -2.23. The molecule has 0 radical (unpaired) electrons. The van der Waals surface area contributed by atoms with E-state index in [9.17, 15) is 4.79 Å². The second-order valence-electron chi connectivity index (χ2n) is 4.33. The molecule has 0 amide bonds. The fourth-order valence-electron chi connectivity index (χ4n) is 1.74. The Morgan fingerprint density at radius 3 is 2.62 bits per heavy atom. The SMILES string of the molecule is CCCCCCCn1ccc(C)c(N)c1=O. The molecular weight excluding hydrogens is 200 g/mol. The van der Waals surface area contributed by atoms with Crippen molar-refractivity contribution in [3.8, 4) is 0 Å². The number of rotatable bonds is 6. The molecule has 1 rings (SSSR count). The molecule has 1 heterocycles. The standard InChI is InChI=1S/C13H22N2O/c1-3-4-5-6-7-9-15-10-8-11(2)12(14)13(15)16/h8,10H,3-7,9,14H2,1-2H3. The van der Waals surface area contributed by atoms with Gasteiger partial charge in [-0.05, 0) is 25.0 Å². The molecule has 0 aliphatic rings. The molecule has 3 heteroatoms. The van der Waals surface area contributed by atoms with Crippen LogP contribution in [-0.4, -0.2) is 4.57 Å². The van der Waals surface area contributed by atoms with Crippen LogP contribution in [0.15, 0.2) is 17.1 Å². The smallest absolute Gasteiger partial charge is 0.273 e. The summed E-state index contributed by atoms with van der Waals surface area (Å²) < 4.78 is 1.72. The number of nitrogen functional groups attached to an aromatic ring is 1. The van der Waals surface area contributed by atoms with E-state index in [0.717, 1.165) is 18.5 Å². The van der Waals surface area contributed by atoms with Gasteiger partial charge in [0, 0.05) is 12.7 Å². The first-order valence-electron chi connectivity index (χ1n) is 6.12. The van der Waals surface area contributed by atoms with Crippen molar-refractivity contribution in [2.75, 3.05) is 5.73 Å². The molecule has 0 spiro atoms. The van der Waals surface area contributed by atoms with Crippen molar-refractivity contribution in [1.29, 1.82) is 0 Å². The van der Waals surface area contributed by atoms with Crippen LogP contribution in [0.3, 0.4) is 0 Å². The summed E-state index contributed by atoms with van der Waals surface area (Å²) in [5.74, 6) is 0. The number of aromatic nitrogens is 1. The zero-order valence-electron chi connectivity index (χ0n) is 10.3. The number of nitrogens with two attached hydrogens (primary N) is 1. The second-order valence-corrected chi connectivity index (χ2v) is 4.33. The Kier molecular flexibility index (Phi) is 5.09. The molecule has 1 aromatic rings. The third kappa shape index (κ3) is 3.40. The van der Waals surface area contributed by atoms with Gasteiger partial charge in [-0.3, -0.25) is 4.79 Å². The summed E-state index contributed by atoms with van der Waals surface area (Å²) in [7, 11) is 0. The van der Waals surface area contributed by atoms with Crippen molar-refractivity contribution in [3.05, 3.63) is 28.2 Å². The van der Waals surface area contributed by atoms with E-state index in [1.54, 1.807) is 4.57 Å². The summed E-state index contributed by atoms with van der Waals surface area (Å²) in [6.07, 6.45) is 7.87. The van der Waals surface area contributed by atoms with Gasteiger partial charge in [0.2, 0.25) is 0 Å². The van der Waals surface area contributed by atoms with Gasteiger partial charge < -0.3 is 10.3 Å². The van der Waals surface area contributed by atoms with Crippen molar-refractivity contribution in [2.45, 2.75) is 52.5 Å². The van der Waals surface area contributed by atoms with E-state index >= 15 is 0 Å². The molecule has 0 saturated heterocycles. The van der Waals surface area contributed by atoms with E-state index in [-0.39, 0.29) is 5.56 Å². The normalized spacial score (nSPS) is 10.6. The maximum atomic E-state index is 11.7. The molecule has 90 valence electrons. The fraction of sp³-hybridized carbons (Fsp3) is 0.615. The van der Waals surface area contributed by atoms with E-state index < -0.39 is 0 Å². The van der Waals surface area contributed by atoms with Gasteiger partial charge >= 0.3 is 0 Å². The Morgan fingerprint density at radius 2 is 1.94 bits per heavy atom. The third-order valence-electron chi connectivity index (χ3n) is 2.92. The molecule has 0 bridgehead atoms. The monoisotopic (exact) mass is 222 g/mol. The van der Waals surface area contributed by atoms with Crippen LogP contribution in [0.4, 0.5) is 5.69 Å². The number of pyridine rings is 1. The van der Waals surface area contributed by atoms with E-state index in [4.69, 9.17) is 5.73 Å². The van der Waals surface area contributed by atoms with Crippen LogP contribution in [0, 0.1) is 6.92 Å². The lowest BCUT2D eigenvalue weighted by molar-refractivity contribution is 0.559. The number of anilines is 1. The lowest BCUT2D eigenvalue weighted by atomic mass is 10.1. The number of aryl methyl sites for hydroxylation is 2. The molecule has 0 unspecified atom stereocenters. The molecule has 0 atom stereocenters. The molecule has 0 fully saturated rings. The first-order chi connectivity index (χ1) is 7.66. The summed E-state index contributed by atoms with van der Waals surface area (Å²) in [6.45, 7) is 4.85. The Balaban J connectivity index is 2.49. The molecule has 0 aliphatic heterocycles. The Morgan fingerprint density at radius 1 is 1.25 bits per heavy atom. The quantitative estimate of drug-likeness (QED) is 0.752. The van der Waals surface area contributed by atoms with Crippen LogP contribution in [-0.2, 0) is 6.54 Å². The highest BCUT2D eigenvalue weighted by atomic mass is 16.1. The van der Waals surface area contributed by atoms with Crippen LogP contribution in [0.25, 0.3) is 0 Å². The highest BCUT2D eigenvalue weighted by Crippen LogP contribution is 2.06. The van der Waals surface area contributed by atoms with E-state index in [0.29, 0.717) is 5.69 Å². The molecular formula is C13H22N2O. The van der Waals surface area contributed by atoms with Crippen molar-refractivity contribution < 1.29 is 0 Å². The van der Waals surface area contributed by atoms with E-state index in [2.05, 4.69) is 6.92 Å². The molecule has 16 heavy (non-hydrogen) atoms. The predicted molar refractivity (Wildman–Crippen MR) is 68.6 cm³/mol. The van der Waals surface area contributed by atoms with Gasteiger partial charge in [-0.1, -0.05) is 32.6 Å². The molecule has 1 aromatic heterocycles. The van der Waals surface area contributed by atoms with E-state index in [1.807, 2.05) is 19.2 Å². The van der Waals surface area contributed by atoms with Gasteiger partial charge in [-0.25, -0.2) is 0 Å².